The van der Waals surface area contributed by atoms with Gasteiger partial charge >= 0.3 is 0 Å². The van der Waals surface area contributed by atoms with Gasteiger partial charge in [0.1, 0.15) is 17.3 Å². The van der Waals surface area contributed by atoms with Crippen molar-refractivity contribution in [3.63, 3.8) is 0 Å². The molecule has 0 unspecified atom stereocenters. The molecule has 3 aromatic rings. The van der Waals surface area contributed by atoms with Crippen LogP contribution in [0.3, 0.4) is 0 Å². The monoisotopic (exact) mass is 427 g/mol. The minimum Gasteiger partial charge on any atom is -0.497 e. The first-order valence-corrected chi connectivity index (χ1v) is 11.1. The molecular formula is C21H21N3O5S. The molecule has 0 spiro atoms. The first kappa shape index (κ1) is 20.0. The molecule has 0 bridgehead atoms. The molecule has 156 valence electrons. The van der Waals surface area contributed by atoms with Gasteiger partial charge in [-0.05, 0) is 42.8 Å². The summed E-state index contributed by atoms with van der Waals surface area (Å²) >= 11 is 0. The summed E-state index contributed by atoms with van der Waals surface area (Å²) in [6.45, 7) is 1.70. The molecule has 0 radical (unpaired) electrons. The van der Waals surface area contributed by atoms with Crippen molar-refractivity contribution < 1.29 is 22.7 Å². The number of sulfone groups is 1. The molecule has 9 heteroatoms. The lowest BCUT2D eigenvalue weighted by Crippen LogP contribution is -2.23. The third-order valence-corrected chi connectivity index (χ3v) is 6.26. The van der Waals surface area contributed by atoms with Gasteiger partial charge < -0.3 is 14.8 Å². The molecule has 1 aliphatic rings. The zero-order chi connectivity index (χ0) is 21.3. The summed E-state index contributed by atoms with van der Waals surface area (Å²) in [5.41, 5.74) is 2.71. The third-order valence-electron chi connectivity index (χ3n) is 4.82. The number of amides is 1. The van der Waals surface area contributed by atoms with Crippen LogP contribution in [0.1, 0.15) is 16.8 Å². The highest BCUT2D eigenvalue weighted by Crippen LogP contribution is 2.33. The van der Waals surface area contributed by atoms with E-state index < -0.39 is 15.7 Å². The Bertz CT molecular complexity index is 1200. The molecule has 2 heterocycles. The summed E-state index contributed by atoms with van der Waals surface area (Å²) in [6.07, 6.45) is 0. The zero-order valence-electron chi connectivity index (χ0n) is 16.6. The van der Waals surface area contributed by atoms with E-state index in [0.29, 0.717) is 28.6 Å². The van der Waals surface area contributed by atoms with Crippen molar-refractivity contribution in [1.82, 2.24) is 9.78 Å². The number of para-hydroxylation sites is 1. The van der Waals surface area contributed by atoms with Crippen molar-refractivity contribution in [2.24, 2.45) is 0 Å². The molecule has 0 aliphatic carbocycles. The number of rotatable bonds is 6. The van der Waals surface area contributed by atoms with Gasteiger partial charge in [-0.15, -0.1) is 0 Å². The van der Waals surface area contributed by atoms with Gasteiger partial charge in [-0.1, -0.05) is 18.2 Å². The Morgan fingerprint density at radius 3 is 2.50 bits per heavy atom. The lowest BCUT2D eigenvalue weighted by atomic mass is 10.2. The number of anilines is 1. The largest absolute Gasteiger partial charge is 0.497 e. The van der Waals surface area contributed by atoms with Crippen molar-refractivity contribution in [2.45, 2.75) is 18.4 Å². The van der Waals surface area contributed by atoms with Gasteiger partial charge in [0.15, 0.2) is 16.4 Å². The SMILES string of the molecule is COc1ccc(OCC(=O)Nc2c3c(nn2-c2ccccc2C)CS(=O)(=O)C3)cc1. The van der Waals surface area contributed by atoms with E-state index >= 15 is 0 Å². The second kappa shape index (κ2) is 7.83. The van der Waals surface area contributed by atoms with E-state index in [2.05, 4.69) is 10.4 Å². The number of hydrogen-bond donors (Lipinski definition) is 1. The molecule has 2 aromatic carbocycles. The van der Waals surface area contributed by atoms with Crippen LogP contribution in [0.25, 0.3) is 5.69 Å². The second-order valence-electron chi connectivity index (χ2n) is 7.02. The van der Waals surface area contributed by atoms with E-state index in [0.717, 1.165) is 11.3 Å². The number of carbonyl (C=O) groups is 1. The predicted octanol–water partition coefficient (Wildman–Crippen LogP) is 2.64. The fraction of sp³-hybridized carbons (Fsp3) is 0.238. The molecule has 8 nitrogen and oxygen atoms in total. The van der Waals surface area contributed by atoms with Gasteiger partial charge in [-0.2, -0.15) is 5.10 Å². The number of benzene rings is 2. The summed E-state index contributed by atoms with van der Waals surface area (Å²) in [7, 11) is -1.69. The van der Waals surface area contributed by atoms with Crippen LogP contribution in [-0.4, -0.2) is 37.8 Å². The van der Waals surface area contributed by atoms with Crippen molar-refractivity contribution in [3.05, 3.63) is 65.4 Å². The molecule has 30 heavy (non-hydrogen) atoms. The molecule has 0 saturated heterocycles. The average Bonchev–Trinajstić information content (AvgIpc) is 3.19. The molecule has 1 aliphatic heterocycles. The number of aryl methyl sites for hydroxylation is 1. The number of carbonyl (C=O) groups excluding carboxylic acids is 1. The van der Waals surface area contributed by atoms with E-state index in [1.807, 2.05) is 31.2 Å². The Kier molecular flexibility index (Phi) is 5.21. The van der Waals surface area contributed by atoms with E-state index in [4.69, 9.17) is 9.47 Å². The van der Waals surface area contributed by atoms with Crippen molar-refractivity contribution in [3.8, 4) is 17.2 Å². The second-order valence-corrected chi connectivity index (χ2v) is 9.08. The number of hydrogen-bond acceptors (Lipinski definition) is 6. The standard InChI is InChI=1S/C21H21N3O5S/c1-14-5-3-4-6-19(14)24-21(17-12-30(26,27)13-18(17)23-24)22-20(25)11-29-16-9-7-15(28-2)8-10-16/h3-10H,11-13H2,1-2H3,(H,22,25). The minimum atomic E-state index is -3.26. The molecule has 0 fully saturated rings. The maximum absolute atomic E-state index is 12.6. The van der Waals surface area contributed by atoms with E-state index in [9.17, 15) is 13.2 Å². The van der Waals surface area contributed by atoms with Crippen LogP contribution in [0, 0.1) is 6.92 Å². The van der Waals surface area contributed by atoms with Gasteiger partial charge in [-0.3, -0.25) is 4.79 Å². The van der Waals surface area contributed by atoms with Crippen LogP contribution in [0.2, 0.25) is 0 Å². The minimum absolute atomic E-state index is 0.133. The summed E-state index contributed by atoms with van der Waals surface area (Å²) in [5.74, 6) is 0.878. The predicted molar refractivity (Wildman–Crippen MR) is 112 cm³/mol. The van der Waals surface area contributed by atoms with Crippen LogP contribution in [-0.2, 0) is 26.1 Å². The van der Waals surface area contributed by atoms with Crippen molar-refractivity contribution >= 4 is 21.6 Å². The summed E-state index contributed by atoms with van der Waals surface area (Å²) in [6, 6.07) is 14.4. The van der Waals surface area contributed by atoms with Gasteiger partial charge in [0, 0.05) is 5.56 Å². The van der Waals surface area contributed by atoms with Crippen molar-refractivity contribution in [1.29, 1.82) is 0 Å². The quantitative estimate of drug-likeness (QED) is 0.649. The molecule has 4 rings (SSSR count). The molecular weight excluding hydrogens is 406 g/mol. The average molecular weight is 427 g/mol. The van der Waals surface area contributed by atoms with Crippen LogP contribution >= 0.6 is 0 Å². The topological polar surface area (TPSA) is 99.5 Å². The Morgan fingerprint density at radius 1 is 1.10 bits per heavy atom. The highest BCUT2D eigenvalue weighted by Gasteiger charge is 2.33. The first-order chi connectivity index (χ1) is 14.4. The van der Waals surface area contributed by atoms with Gasteiger partial charge in [0.05, 0.1) is 30.0 Å². The molecule has 1 amide bonds. The van der Waals surface area contributed by atoms with Crippen molar-refractivity contribution in [2.75, 3.05) is 19.0 Å². The Morgan fingerprint density at radius 2 is 1.80 bits per heavy atom. The Balaban J connectivity index is 1.58. The normalized spacial score (nSPS) is 14.2. The molecule has 0 saturated carbocycles. The van der Waals surface area contributed by atoms with E-state index in [-0.39, 0.29) is 18.1 Å². The van der Waals surface area contributed by atoms with Crippen LogP contribution in [0.5, 0.6) is 11.5 Å². The number of fused-ring (bicyclic) bond motifs is 1. The highest BCUT2D eigenvalue weighted by atomic mass is 32.2. The first-order valence-electron chi connectivity index (χ1n) is 9.30. The highest BCUT2D eigenvalue weighted by molar-refractivity contribution is 7.90. The summed E-state index contributed by atoms with van der Waals surface area (Å²) < 4.78 is 36.4. The summed E-state index contributed by atoms with van der Waals surface area (Å²) in [4.78, 5) is 12.6. The van der Waals surface area contributed by atoms with Gasteiger partial charge in [0.2, 0.25) is 0 Å². The number of methoxy groups -OCH3 is 1. The third kappa shape index (κ3) is 4.02. The molecule has 1 aromatic heterocycles. The maximum atomic E-state index is 12.6. The number of nitrogens with zero attached hydrogens (tertiary/aromatic N) is 2. The fourth-order valence-corrected chi connectivity index (χ4v) is 4.83. The number of aromatic nitrogens is 2. The molecule has 0 atom stereocenters. The van der Waals surface area contributed by atoms with Gasteiger partial charge in [0.25, 0.3) is 5.91 Å². The van der Waals surface area contributed by atoms with E-state index in [1.54, 1.807) is 36.1 Å². The smallest absolute Gasteiger partial charge is 0.263 e. The Hall–Kier alpha value is -3.33. The fourth-order valence-electron chi connectivity index (χ4n) is 3.34. The van der Waals surface area contributed by atoms with Crippen LogP contribution in [0.15, 0.2) is 48.5 Å². The Labute approximate surface area is 174 Å². The zero-order valence-corrected chi connectivity index (χ0v) is 17.4. The van der Waals surface area contributed by atoms with Gasteiger partial charge in [-0.25, -0.2) is 13.1 Å². The van der Waals surface area contributed by atoms with E-state index in [1.165, 1.54) is 0 Å². The van der Waals surface area contributed by atoms with Crippen LogP contribution < -0.4 is 14.8 Å². The number of ether oxygens (including phenoxy) is 2. The summed E-state index contributed by atoms with van der Waals surface area (Å²) in [5, 5.41) is 7.27. The maximum Gasteiger partial charge on any atom is 0.263 e. The lowest BCUT2D eigenvalue weighted by molar-refractivity contribution is -0.118. The lowest BCUT2D eigenvalue weighted by Gasteiger charge is -2.13. The van der Waals surface area contributed by atoms with Crippen LogP contribution in [0.4, 0.5) is 5.82 Å². The number of nitrogens with one attached hydrogen (secondary N) is 1. The molecule has 1 N–H and O–H groups in total.